The van der Waals surface area contributed by atoms with E-state index in [0.29, 0.717) is 6.04 Å². The molecule has 0 bridgehead atoms. The van der Waals surface area contributed by atoms with Gasteiger partial charge in [0, 0.05) is 12.2 Å². The zero-order chi connectivity index (χ0) is 12.3. The van der Waals surface area contributed by atoms with Crippen LogP contribution in [0.15, 0.2) is 18.3 Å². The Bertz CT molecular complexity index is 383. The number of rotatable bonds is 4. The third-order valence-electron chi connectivity index (χ3n) is 3.49. The molecule has 17 heavy (non-hydrogen) atoms. The summed E-state index contributed by atoms with van der Waals surface area (Å²) < 4.78 is 0. The number of aromatic carboxylic acids is 1. The average molecular weight is 234 g/mol. The highest BCUT2D eigenvalue weighted by atomic mass is 16.4. The van der Waals surface area contributed by atoms with Crippen molar-refractivity contribution >= 4 is 11.8 Å². The Morgan fingerprint density at radius 1 is 1.47 bits per heavy atom. The molecule has 0 spiro atoms. The quantitative estimate of drug-likeness (QED) is 0.840. The molecule has 1 aromatic heterocycles. The zero-order valence-corrected chi connectivity index (χ0v) is 10.0. The molecule has 0 radical (unpaired) electrons. The minimum absolute atomic E-state index is 0.226. The average Bonchev–Trinajstić information content (AvgIpc) is 2.83. The smallest absolute Gasteiger partial charge is 0.337 e. The third kappa shape index (κ3) is 2.96. The molecule has 1 aromatic rings. The SMILES string of the molecule is CC(Nc1ccc(C(=O)O)cn1)C1CCCC1. The third-order valence-corrected chi connectivity index (χ3v) is 3.49. The number of carboxylic acids is 1. The largest absolute Gasteiger partial charge is 0.478 e. The maximum atomic E-state index is 10.7. The number of carbonyl (C=O) groups is 1. The van der Waals surface area contributed by atoms with Gasteiger partial charge in [0.05, 0.1) is 5.56 Å². The molecule has 2 rings (SSSR count). The second-order valence-corrected chi connectivity index (χ2v) is 4.71. The summed E-state index contributed by atoms with van der Waals surface area (Å²) in [7, 11) is 0. The van der Waals surface area contributed by atoms with Crippen LogP contribution < -0.4 is 5.32 Å². The maximum absolute atomic E-state index is 10.7. The highest BCUT2D eigenvalue weighted by Gasteiger charge is 2.21. The monoisotopic (exact) mass is 234 g/mol. The molecule has 4 nitrogen and oxygen atoms in total. The van der Waals surface area contributed by atoms with Crippen LogP contribution in [0.5, 0.6) is 0 Å². The molecule has 92 valence electrons. The highest BCUT2D eigenvalue weighted by molar-refractivity contribution is 5.87. The first-order valence-electron chi connectivity index (χ1n) is 6.12. The van der Waals surface area contributed by atoms with E-state index < -0.39 is 5.97 Å². The standard InChI is InChI=1S/C13H18N2O2/c1-9(10-4-2-3-5-10)15-12-7-6-11(8-14-12)13(16)17/h6-10H,2-5H2,1H3,(H,14,15)(H,16,17). The fourth-order valence-corrected chi connectivity index (χ4v) is 2.41. The fraction of sp³-hybridized carbons (Fsp3) is 0.538. The molecule has 1 saturated carbocycles. The van der Waals surface area contributed by atoms with Gasteiger partial charge >= 0.3 is 5.97 Å². The van der Waals surface area contributed by atoms with Crippen LogP contribution in [0.3, 0.4) is 0 Å². The van der Waals surface area contributed by atoms with Crippen LogP contribution in [0.1, 0.15) is 43.0 Å². The van der Waals surface area contributed by atoms with Crippen LogP contribution in [-0.2, 0) is 0 Å². The molecule has 2 N–H and O–H groups in total. The lowest BCUT2D eigenvalue weighted by atomic mass is 10.00. The molecule has 1 unspecified atom stereocenters. The number of anilines is 1. The molecule has 0 aromatic carbocycles. The molecule has 1 atom stereocenters. The van der Waals surface area contributed by atoms with Gasteiger partial charge in [0.15, 0.2) is 0 Å². The van der Waals surface area contributed by atoms with Gasteiger partial charge in [-0.25, -0.2) is 9.78 Å². The second-order valence-electron chi connectivity index (χ2n) is 4.71. The van der Waals surface area contributed by atoms with Crippen molar-refractivity contribution in [3.8, 4) is 0 Å². The van der Waals surface area contributed by atoms with Crippen LogP contribution in [0, 0.1) is 5.92 Å². The van der Waals surface area contributed by atoms with Crippen LogP contribution in [0.2, 0.25) is 0 Å². The lowest BCUT2D eigenvalue weighted by molar-refractivity contribution is 0.0696. The van der Waals surface area contributed by atoms with Gasteiger partial charge in [0.1, 0.15) is 5.82 Å². The number of hydrogen-bond donors (Lipinski definition) is 2. The van der Waals surface area contributed by atoms with E-state index in [9.17, 15) is 4.79 Å². The summed E-state index contributed by atoms with van der Waals surface area (Å²) in [6.45, 7) is 2.17. The van der Waals surface area contributed by atoms with Gasteiger partial charge in [-0.1, -0.05) is 12.8 Å². The number of nitrogens with zero attached hydrogens (tertiary/aromatic N) is 1. The molecule has 4 heteroatoms. The van der Waals surface area contributed by atoms with E-state index in [-0.39, 0.29) is 5.56 Å². The van der Waals surface area contributed by atoms with Gasteiger partial charge in [-0.15, -0.1) is 0 Å². The summed E-state index contributed by atoms with van der Waals surface area (Å²) in [5.74, 6) is 0.540. The number of hydrogen-bond acceptors (Lipinski definition) is 3. The van der Waals surface area contributed by atoms with Crippen LogP contribution in [-0.4, -0.2) is 22.1 Å². The predicted molar refractivity (Wildman–Crippen MR) is 66.2 cm³/mol. The minimum atomic E-state index is -0.937. The van der Waals surface area contributed by atoms with Crippen LogP contribution in [0.4, 0.5) is 5.82 Å². The Morgan fingerprint density at radius 3 is 2.71 bits per heavy atom. The molecule has 0 saturated heterocycles. The topological polar surface area (TPSA) is 62.2 Å². The minimum Gasteiger partial charge on any atom is -0.478 e. The Labute approximate surface area is 101 Å². The lowest BCUT2D eigenvalue weighted by Gasteiger charge is -2.20. The first-order chi connectivity index (χ1) is 8.16. The summed E-state index contributed by atoms with van der Waals surface area (Å²) >= 11 is 0. The summed E-state index contributed by atoms with van der Waals surface area (Å²) in [5, 5.41) is 12.1. The van der Waals surface area contributed by atoms with Crippen molar-refractivity contribution < 1.29 is 9.90 Å². The number of pyridine rings is 1. The molecule has 0 aliphatic heterocycles. The normalized spacial score (nSPS) is 17.9. The Balaban J connectivity index is 1.96. The van der Waals surface area contributed by atoms with E-state index in [4.69, 9.17) is 5.11 Å². The van der Waals surface area contributed by atoms with E-state index in [2.05, 4.69) is 17.2 Å². The van der Waals surface area contributed by atoms with Gasteiger partial charge in [0.2, 0.25) is 0 Å². The Morgan fingerprint density at radius 2 is 2.18 bits per heavy atom. The van der Waals surface area contributed by atoms with Crippen LogP contribution >= 0.6 is 0 Å². The molecular weight excluding hydrogens is 216 g/mol. The maximum Gasteiger partial charge on any atom is 0.337 e. The van der Waals surface area contributed by atoms with E-state index in [1.165, 1.54) is 31.9 Å². The molecule has 0 amide bonds. The first-order valence-corrected chi connectivity index (χ1v) is 6.12. The van der Waals surface area contributed by atoms with Crippen LogP contribution in [0.25, 0.3) is 0 Å². The zero-order valence-electron chi connectivity index (χ0n) is 10.0. The molecule has 1 heterocycles. The van der Waals surface area contributed by atoms with Crippen molar-refractivity contribution in [2.24, 2.45) is 5.92 Å². The van der Waals surface area contributed by atoms with Crippen molar-refractivity contribution in [2.45, 2.75) is 38.6 Å². The molecule has 1 aliphatic carbocycles. The van der Waals surface area contributed by atoms with Gasteiger partial charge in [0.25, 0.3) is 0 Å². The fourth-order valence-electron chi connectivity index (χ4n) is 2.41. The lowest BCUT2D eigenvalue weighted by Crippen LogP contribution is -2.24. The number of aromatic nitrogens is 1. The van der Waals surface area contributed by atoms with Crippen molar-refractivity contribution in [3.05, 3.63) is 23.9 Å². The second kappa shape index (κ2) is 5.17. The number of carboxylic acid groups (broad SMARTS) is 1. The van der Waals surface area contributed by atoms with E-state index in [1.54, 1.807) is 12.1 Å². The van der Waals surface area contributed by atoms with Crippen molar-refractivity contribution in [1.29, 1.82) is 0 Å². The van der Waals surface area contributed by atoms with Crippen molar-refractivity contribution in [2.75, 3.05) is 5.32 Å². The van der Waals surface area contributed by atoms with Gasteiger partial charge in [-0.2, -0.15) is 0 Å². The molecule has 1 aliphatic rings. The summed E-state index contributed by atoms with van der Waals surface area (Å²) in [6.07, 6.45) is 6.60. The summed E-state index contributed by atoms with van der Waals surface area (Å²) in [5.41, 5.74) is 0.226. The molecular formula is C13H18N2O2. The van der Waals surface area contributed by atoms with E-state index in [1.807, 2.05) is 0 Å². The first kappa shape index (κ1) is 11.9. The van der Waals surface area contributed by atoms with E-state index >= 15 is 0 Å². The highest BCUT2D eigenvalue weighted by Crippen LogP contribution is 2.28. The Hall–Kier alpha value is -1.58. The summed E-state index contributed by atoms with van der Waals surface area (Å²) in [4.78, 5) is 14.8. The number of nitrogens with one attached hydrogen (secondary N) is 1. The summed E-state index contributed by atoms with van der Waals surface area (Å²) in [6, 6.07) is 3.72. The van der Waals surface area contributed by atoms with Crippen molar-refractivity contribution in [1.82, 2.24) is 4.98 Å². The Kier molecular flexibility index (Phi) is 3.61. The van der Waals surface area contributed by atoms with Gasteiger partial charge in [-0.3, -0.25) is 0 Å². The van der Waals surface area contributed by atoms with E-state index in [0.717, 1.165) is 11.7 Å². The van der Waals surface area contributed by atoms with Gasteiger partial charge in [-0.05, 0) is 37.8 Å². The van der Waals surface area contributed by atoms with Gasteiger partial charge < -0.3 is 10.4 Å². The predicted octanol–water partition coefficient (Wildman–Crippen LogP) is 2.77. The van der Waals surface area contributed by atoms with Crippen molar-refractivity contribution in [3.63, 3.8) is 0 Å². The molecule has 1 fully saturated rings.